The van der Waals surface area contributed by atoms with Crippen LogP contribution in [0.1, 0.15) is 5.56 Å². The van der Waals surface area contributed by atoms with Crippen molar-refractivity contribution in [1.82, 2.24) is 4.90 Å². The van der Waals surface area contributed by atoms with Gasteiger partial charge >= 0.3 is 0 Å². The molecule has 0 amide bonds. The van der Waals surface area contributed by atoms with Crippen molar-refractivity contribution in [3.63, 3.8) is 0 Å². The summed E-state index contributed by atoms with van der Waals surface area (Å²) in [7, 11) is 3.74. The van der Waals surface area contributed by atoms with Gasteiger partial charge in [0.1, 0.15) is 11.6 Å². The normalized spacial score (nSPS) is 15.5. The summed E-state index contributed by atoms with van der Waals surface area (Å²) >= 11 is 0. The van der Waals surface area contributed by atoms with Gasteiger partial charge in [0.25, 0.3) is 0 Å². The summed E-state index contributed by atoms with van der Waals surface area (Å²) in [6, 6.07) is 12.9. The molecule has 1 aliphatic rings. The molecule has 0 atom stereocenters. The Morgan fingerprint density at radius 2 is 1.86 bits per heavy atom. The fourth-order valence-electron chi connectivity index (χ4n) is 2.76. The predicted molar refractivity (Wildman–Crippen MR) is 82.7 cm³/mol. The lowest BCUT2D eigenvalue weighted by atomic mass is 10.1. The van der Waals surface area contributed by atoms with E-state index in [-0.39, 0.29) is 5.82 Å². The van der Waals surface area contributed by atoms with Gasteiger partial charge in [-0.2, -0.15) is 0 Å². The van der Waals surface area contributed by atoms with E-state index in [1.54, 1.807) is 13.2 Å². The summed E-state index contributed by atoms with van der Waals surface area (Å²) in [5, 5.41) is 0. The summed E-state index contributed by atoms with van der Waals surface area (Å²) in [6.07, 6.45) is 0. The Morgan fingerprint density at radius 1 is 1.05 bits per heavy atom. The van der Waals surface area contributed by atoms with Crippen molar-refractivity contribution < 1.29 is 9.13 Å². The van der Waals surface area contributed by atoms with Crippen molar-refractivity contribution in [2.45, 2.75) is 6.54 Å². The Kier molecular flexibility index (Phi) is 3.80. The van der Waals surface area contributed by atoms with Gasteiger partial charge in [-0.1, -0.05) is 12.1 Å². The second-order valence-corrected chi connectivity index (χ2v) is 5.34. The van der Waals surface area contributed by atoms with E-state index in [4.69, 9.17) is 4.74 Å². The topological polar surface area (TPSA) is 15.7 Å². The van der Waals surface area contributed by atoms with E-state index in [1.807, 2.05) is 35.2 Å². The van der Waals surface area contributed by atoms with Crippen LogP contribution in [0.5, 0.6) is 5.75 Å². The number of rotatable bonds is 2. The van der Waals surface area contributed by atoms with Crippen LogP contribution >= 0.6 is 0 Å². The minimum Gasteiger partial charge on any atom is -0.497 e. The molecule has 1 aliphatic heterocycles. The first-order valence-corrected chi connectivity index (χ1v) is 7.06. The van der Waals surface area contributed by atoms with Crippen molar-refractivity contribution >= 4 is 11.4 Å². The van der Waals surface area contributed by atoms with Gasteiger partial charge in [0.15, 0.2) is 0 Å². The monoisotopic (exact) mass is 286 g/mol. The number of likely N-dealkylation sites (N-methyl/N-ethyl adjacent to an activating group) is 1. The average Bonchev–Trinajstić information content (AvgIpc) is 2.65. The van der Waals surface area contributed by atoms with Crippen LogP contribution in [-0.4, -0.2) is 32.1 Å². The molecule has 0 fully saturated rings. The SMILES string of the molecule is COc1ccc2c(c1)CN(C)CCN2c1ccccc1F. The highest BCUT2D eigenvalue weighted by molar-refractivity contribution is 5.68. The first-order chi connectivity index (χ1) is 10.2. The molecule has 0 N–H and O–H groups in total. The van der Waals surface area contributed by atoms with E-state index >= 15 is 0 Å². The third-order valence-corrected chi connectivity index (χ3v) is 3.87. The molecular weight excluding hydrogens is 267 g/mol. The van der Waals surface area contributed by atoms with E-state index in [0.29, 0.717) is 5.69 Å². The number of fused-ring (bicyclic) bond motifs is 1. The minimum atomic E-state index is -0.191. The number of halogens is 1. The molecule has 0 unspecified atom stereocenters. The molecular formula is C17H19FN2O. The highest BCUT2D eigenvalue weighted by Crippen LogP contribution is 2.34. The average molecular weight is 286 g/mol. The number of benzene rings is 2. The lowest BCUT2D eigenvalue weighted by molar-refractivity contribution is 0.342. The van der Waals surface area contributed by atoms with Gasteiger partial charge in [-0.3, -0.25) is 0 Å². The lowest BCUT2D eigenvalue weighted by Crippen LogP contribution is -2.26. The van der Waals surface area contributed by atoms with E-state index in [1.165, 1.54) is 6.07 Å². The molecule has 21 heavy (non-hydrogen) atoms. The third kappa shape index (κ3) is 2.72. The van der Waals surface area contributed by atoms with Gasteiger partial charge in [0.05, 0.1) is 12.8 Å². The predicted octanol–water partition coefficient (Wildman–Crippen LogP) is 3.42. The molecule has 0 spiro atoms. The zero-order valence-electron chi connectivity index (χ0n) is 12.3. The Balaban J connectivity index is 2.09. The zero-order chi connectivity index (χ0) is 14.8. The molecule has 0 aliphatic carbocycles. The number of nitrogens with zero attached hydrogens (tertiary/aromatic N) is 2. The highest BCUT2D eigenvalue weighted by Gasteiger charge is 2.21. The molecule has 0 saturated heterocycles. The van der Waals surface area contributed by atoms with Crippen LogP contribution in [0.4, 0.5) is 15.8 Å². The van der Waals surface area contributed by atoms with Crippen LogP contribution in [0.15, 0.2) is 42.5 Å². The fourth-order valence-corrected chi connectivity index (χ4v) is 2.76. The van der Waals surface area contributed by atoms with Gasteiger partial charge in [0.2, 0.25) is 0 Å². The Labute approximate surface area is 124 Å². The molecule has 4 heteroatoms. The highest BCUT2D eigenvalue weighted by atomic mass is 19.1. The van der Waals surface area contributed by atoms with Gasteiger partial charge in [-0.05, 0) is 42.9 Å². The second-order valence-electron chi connectivity index (χ2n) is 5.34. The largest absolute Gasteiger partial charge is 0.497 e. The Hall–Kier alpha value is -2.07. The molecule has 2 aromatic rings. The van der Waals surface area contributed by atoms with E-state index < -0.39 is 0 Å². The van der Waals surface area contributed by atoms with Gasteiger partial charge < -0.3 is 14.5 Å². The third-order valence-electron chi connectivity index (χ3n) is 3.87. The number of ether oxygens (including phenoxy) is 1. The first-order valence-electron chi connectivity index (χ1n) is 7.06. The quantitative estimate of drug-likeness (QED) is 0.841. The molecule has 3 nitrogen and oxygen atoms in total. The van der Waals surface area contributed by atoms with Crippen molar-refractivity contribution in [1.29, 1.82) is 0 Å². The Morgan fingerprint density at radius 3 is 2.62 bits per heavy atom. The maximum absolute atomic E-state index is 14.2. The molecule has 110 valence electrons. The van der Waals surface area contributed by atoms with Crippen LogP contribution in [0.3, 0.4) is 0 Å². The van der Waals surface area contributed by atoms with Crippen LogP contribution in [0, 0.1) is 5.82 Å². The standard InChI is InChI=1S/C17H19FN2O/c1-19-9-10-20(17-6-4-3-5-15(17)18)16-8-7-14(21-2)11-13(16)12-19/h3-8,11H,9-10,12H2,1-2H3. The molecule has 3 rings (SSSR count). The minimum absolute atomic E-state index is 0.191. The van der Waals surface area contributed by atoms with Crippen molar-refractivity contribution in [2.75, 3.05) is 32.1 Å². The molecule has 0 bridgehead atoms. The Bertz CT molecular complexity index is 644. The van der Waals surface area contributed by atoms with Gasteiger partial charge in [-0.25, -0.2) is 4.39 Å². The molecule has 0 saturated carbocycles. The van der Waals surface area contributed by atoms with E-state index in [0.717, 1.165) is 36.6 Å². The molecule has 0 aromatic heterocycles. The number of hydrogen-bond acceptors (Lipinski definition) is 3. The van der Waals surface area contributed by atoms with Crippen molar-refractivity contribution in [3.05, 3.63) is 53.8 Å². The molecule has 1 heterocycles. The maximum Gasteiger partial charge on any atom is 0.146 e. The number of anilines is 2. The first kappa shape index (κ1) is 13.9. The van der Waals surface area contributed by atoms with E-state index in [2.05, 4.69) is 11.9 Å². The summed E-state index contributed by atoms with van der Waals surface area (Å²) < 4.78 is 19.5. The van der Waals surface area contributed by atoms with Crippen molar-refractivity contribution in [2.24, 2.45) is 0 Å². The van der Waals surface area contributed by atoms with Crippen LogP contribution < -0.4 is 9.64 Å². The number of methoxy groups -OCH3 is 1. The number of para-hydroxylation sites is 1. The fraction of sp³-hybridized carbons (Fsp3) is 0.294. The maximum atomic E-state index is 14.2. The number of hydrogen-bond donors (Lipinski definition) is 0. The van der Waals surface area contributed by atoms with Crippen LogP contribution in [0.25, 0.3) is 0 Å². The summed E-state index contributed by atoms with van der Waals surface area (Å²) in [5.74, 6) is 0.640. The van der Waals surface area contributed by atoms with Gasteiger partial charge in [0, 0.05) is 25.3 Å². The smallest absolute Gasteiger partial charge is 0.146 e. The summed E-state index contributed by atoms with van der Waals surface area (Å²) in [6.45, 7) is 2.47. The second kappa shape index (κ2) is 5.74. The lowest BCUT2D eigenvalue weighted by Gasteiger charge is -2.25. The van der Waals surface area contributed by atoms with Crippen molar-refractivity contribution in [3.8, 4) is 5.75 Å². The van der Waals surface area contributed by atoms with Gasteiger partial charge in [-0.15, -0.1) is 0 Å². The van der Waals surface area contributed by atoms with Crippen LogP contribution in [-0.2, 0) is 6.54 Å². The summed E-state index contributed by atoms with van der Waals surface area (Å²) in [5.41, 5.74) is 2.82. The summed E-state index contributed by atoms with van der Waals surface area (Å²) in [4.78, 5) is 4.28. The van der Waals surface area contributed by atoms with Crippen LogP contribution in [0.2, 0.25) is 0 Å². The zero-order valence-corrected chi connectivity index (χ0v) is 12.3. The molecule has 2 aromatic carbocycles. The van der Waals surface area contributed by atoms with E-state index in [9.17, 15) is 4.39 Å². The molecule has 0 radical (unpaired) electrons.